The average Bonchev–Trinajstić information content (AvgIpc) is 2.72. The number of nitrogens with one attached hydrogen (secondary N) is 1. The van der Waals surface area contributed by atoms with E-state index in [-0.39, 0.29) is 11.6 Å². The molecule has 2 rings (SSSR count). The maximum absolute atomic E-state index is 12.1. The first-order chi connectivity index (χ1) is 9.38. The van der Waals surface area contributed by atoms with E-state index >= 15 is 0 Å². The SMILES string of the molecule is CC1CN(C(=O)Nc2cc(C(=O)O)ccc2Cl)CC1C. The number of carboxylic acid groups (broad SMARTS) is 1. The number of benzene rings is 1. The lowest BCUT2D eigenvalue weighted by molar-refractivity contribution is 0.0697. The quantitative estimate of drug-likeness (QED) is 0.881. The number of nitrogens with zero attached hydrogens (tertiary/aromatic N) is 1. The summed E-state index contributed by atoms with van der Waals surface area (Å²) in [5, 5.41) is 12.0. The Hall–Kier alpha value is -1.75. The molecular weight excluding hydrogens is 280 g/mol. The van der Waals surface area contributed by atoms with Crippen LogP contribution in [0.4, 0.5) is 10.5 Å². The summed E-state index contributed by atoms with van der Waals surface area (Å²) in [6.45, 7) is 5.61. The number of hydrogen-bond donors (Lipinski definition) is 2. The number of halogens is 1. The Kier molecular flexibility index (Phi) is 4.18. The van der Waals surface area contributed by atoms with E-state index in [1.54, 1.807) is 4.90 Å². The van der Waals surface area contributed by atoms with Gasteiger partial charge >= 0.3 is 12.0 Å². The normalized spacial score (nSPS) is 21.9. The van der Waals surface area contributed by atoms with E-state index < -0.39 is 5.97 Å². The molecule has 2 N–H and O–H groups in total. The fraction of sp³-hybridized carbons (Fsp3) is 0.429. The highest BCUT2D eigenvalue weighted by atomic mass is 35.5. The third-order valence-corrected chi connectivity index (χ3v) is 4.06. The number of amides is 2. The number of carbonyl (C=O) groups excluding carboxylic acids is 1. The number of aromatic carboxylic acids is 1. The van der Waals surface area contributed by atoms with E-state index in [1.807, 2.05) is 0 Å². The Morgan fingerprint density at radius 2 is 1.90 bits per heavy atom. The van der Waals surface area contributed by atoms with E-state index in [1.165, 1.54) is 18.2 Å². The molecule has 108 valence electrons. The van der Waals surface area contributed by atoms with Crippen LogP contribution in [0.2, 0.25) is 5.02 Å². The molecule has 0 radical (unpaired) electrons. The van der Waals surface area contributed by atoms with Crippen LogP contribution in [-0.2, 0) is 0 Å². The highest BCUT2D eigenvalue weighted by molar-refractivity contribution is 6.33. The van der Waals surface area contributed by atoms with Crippen LogP contribution >= 0.6 is 11.6 Å². The molecule has 0 aromatic heterocycles. The van der Waals surface area contributed by atoms with E-state index in [0.717, 1.165) is 0 Å². The third kappa shape index (κ3) is 3.04. The van der Waals surface area contributed by atoms with Crippen molar-refractivity contribution in [3.05, 3.63) is 28.8 Å². The van der Waals surface area contributed by atoms with Gasteiger partial charge in [0.05, 0.1) is 16.3 Å². The molecule has 1 fully saturated rings. The predicted molar refractivity (Wildman–Crippen MR) is 77.3 cm³/mol. The topological polar surface area (TPSA) is 69.6 Å². The van der Waals surface area contributed by atoms with Crippen LogP contribution in [0, 0.1) is 11.8 Å². The fourth-order valence-corrected chi connectivity index (χ4v) is 2.41. The first-order valence-corrected chi connectivity index (χ1v) is 6.85. The van der Waals surface area contributed by atoms with E-state index in [2.05, 4.69) is 19.2 Å². The molecule has 2 amide bonds. The second-order valence-electron chi connectivity index (χ2n) is 5.29. The van der Waals surface area contributed by atoms with Gasteiger partial charge in [-0.2, -0.15) is 0 Å². The lowest BCUT2D eigenvalue weighted by Gasteiger charge is -2.17. The number of hydrogen-bond acceptors (Lipinski definition) is 2. The molecule has 6 heteroatoms. The zero-order valence-corrected chi connectivity index (χ0v) is 12.1. The summed E-state index contributed by atoms with van der Waals surface area (Å²) >= 11 is 5.98. The van der Waals surface area contributed by atoms with Crippen molar-refractivity contribution in [1.29, 1.82) is 0 Å². The number of anilines is 1. The maximum Gasteiger partial charge on any atom is 0.335 e. The van der Waals surface area contributed by atoms with Crippen molar-refractivity contribution in [3.63, 3.8) is 0 Å². The zero-order chi connectivity index (χ0) is 14.9. The third-order valence-electron chi connectivity index (χ3n) is 3.73. The van der Waals surface area contributed by atoms with Gasteiger partial charge in [0, 0.05) is 13.1 Å². The second kappa shape index (κ2) is 5.71. The van der Waals surface area contributed by atoms with Gasteiger partial charge in [0.2, 0.25) is 0 Å². The van der Waals surface area contributed by atoms with Crippen molar-refractivity contribution in [2.75, 3.05) is 18.4 Å². The second-order valence-corrected chi connectivity index (χ2v) is 5.70. The van der Waals surface area contributed by atoms with Gasteiger partial charge in [-0.25, -0.2) is 9.59 Å². The van der Waals surface area contributed by atoms with Gasteiger partial charge in [-0.1, -0.05) is 25.4 Å². The number of rotatable bonds is 2. The lowest BCUT2D eigenvalue weighted by Crippen LogP contribution is -2.33. The Bertz CT molecular complexity index is 537. The minimum absolute atomic E-state index is 0.0906. The van der Waals surface area contributed by atoms with Gasteiger partial charge < -0.3 is 15.3 Å². The van der Waals surface area contributed by atoms with Crippen molar-refractivity contribution in [1.82, 2.24) is 4.90 Å². The molecule has 0 saturated carbocycles. The monoisotopic (exact) mass is 296 g/mol. The zero-order valence-electron chi connectivity index (χ0n) is 11.4. The number of urea groups is 1. The van der Waals surface area contributed by atoms with Gasteiger partial charge in [0.15, 0.2) is 0 Å². The average molecular weight is 297 g/mol. The fourth-order valence-electron chi connectivity index (χ4n) is 2.24. The van der Waals surface area contributed by atoms with E-state index in [4.69, 9.17) is 16.7 Å². The molecule has 20 heavy (non-hydrogen) atoms. The summed E-state index contributed by atoms with van der Waals surface area (Å²) in [6, 6.07) is 3.99. The molecule has 0 bridgehead atoms. The van der Waals surface area contributed by atoms with Crippen molar-refractivity contribution >= 4 is 29.3 Å². The van der Waals surface area contributed by atoms with Gasteiger partial charge in [-0.05, 0) is 30.0 Å². The molecular formula is C14H17ClN2O3. The molecule has 1 aromatic rings. The molecule has 2 atom stereocenters. The predicted octanol–water partition coefficient (Wildman–Crippen LogP) is 3.16. The van der Waals surface area contributed by atoms with Crippen LogP contribution in [0.1, 0.15) is 24.2 Å². The highest BCUT2D eigenvalue weighted by Gasteiger charge is 2.29. The first-order valence-electron chi connectivity index (χ1n) is 6.47. The van der Waals surface area contributed by atoms with Crippen LogP contribution in [0.15, 0.2) is 18.2 Å². The molecule has 2 unspecified atom stereocenters. The largest absolute Gasteiger partial charge is 0.478 e. The Labute approximate surface area is 122 Å². The van der Waals surface area contributed by atoms with E-state index in [9.17, 15) is 9.59 Å². The summed E-state index contributed by atoms with van der Waals surface area (Å²) < 4.78 is 0. The Morgan fingerprint density at radius 3 is 2.45 bits per heavy atom. The van der Waals surface area contributed by atoms with Gasteiger partial charge in [-0.3, -0.25) is 0 Å². The number of carboxylic acids is 1. The van der Waals surface area contributed by atoms with Crippen molar-refractivity contribution in [3.8, 4) is 0 Å². The standard InChI is InChI=1S/C14H17ClN2O3/c1-8-6-17(7-9(8)2)14(20)16-12-5-10(13(18)19)3-4-11(12)15/h3-5,8-9H,6-7H2,1-2H3,(H,16,20)(H,18,19). The van der Waals surface area contributed by atoms with Crippen LogP contribution in [0.3, 0.4) is 0 Å². The minimum atomic E-state index is -1.06. The Morgan fingerprint density at radius 1 is 1.30 bits per heavy atom. The van der Waals surface area contributed by atoms with Crippen LogP contribution in [-0.4, -0.2) is 35.1 Å². The molecule has 5 nitrogen and oxygen atoms in total. The van der Waals surface area contributed by atoms with Crippen LogP contribution in [0.5, 0.6) is 0 Å². The lowest BCUT2D eigenvalue weighted by atomic mass is 10.0. The van der Waals surface area contributed by atoms with Gasteiger partial charge in [0.25, 0.3) is 0 Å². The summed E-state index contributed by atoms with van der Waals surface area (Å²) in [5.74, 6) is -0.135. The summed E-state index contributed by atoms with van der Waals surface area (Å²) in [7, 11) is 0. The highest BCUT2D eigenvalue weighted by Crippen LogP contribution is 2.26. The summed E-state index contributed by atoms with van der Waals surface area (Å²) in [5.41, 5.74) is 0.414. The van der Waals surface area contributed by atoms with E-state index in [0.29, 0.717) is 35.6 Å². The van der Waals surface area contributed by atoms with Crippen molar-refractivity contribution in [2.24, 2.45) is 11.8 Å². The molecule has 0 spiro atoms. The number of carbonyl (C=O) groups is 2. The van der Waals surface area contributed by atoms with Gasteiger partial charge in [0.1, 0.15) is 0 Å². The molecule has 1 aromatic carbocycles. The smallest absolute Gasteiger partial charge is 0.335 e. The summed E-state index contributed by atoms with van der Waals surface area (Å²) in [4.78, 5) is 24.8. The first kappa shape index (κ1) is 14.7. The van der Waals surface area contributed by atoms with Crippen LogP contribution < -0.4 is 5.32 Å². The molecule has 1 aliphatic rings. The number of likely N-dealkylation sites (tertiary alicyclic amines) is 1. The van der Waals surface area contributed by atoms with Crippen molar-refractivity contribution in [2.45, 2.75) is 13.8 Å². The minimum Gasteiger partial charge on any atom is -0.478 e. The molecule has 1 aliphatic heterocycles. The molecule has 1 heterocycles. The molecule has 0 aliphatic carbocycles. The Balaban J connectivity index is 2.12. The van der Waals surface area contributed by atoms with Gasteiger partial charge in [-0.15, -0.1) is 0 Å². The maximum atomic E-state index is 12.1. The van der Waals surface area contributed by atoms with Crippen LogP contribution in [0.25, 0.3) is 0 Å². The summed E-state index contributed by atoms with van der Waals surface area (Å²) in [6.07, 6.45) is 0. The molecule has 1 saturated heterocycles. The van der Waals surface area contributed by atoms with Crippen molar-refractivity contribution < 1.29 is 14.7 Å².